The Morgan fingerprint density at radius 3 is 1.77 bits per heavy atom. The third-order valence-corrected chi connectivity index (χ3v) is 4.36. The summed E-state index contributed by atoms with van der Waals surface area (Å²) >= 11 is 0. The molecule has 0 amide bonds. The van der Waals surface area contributed by atoms with Crippen molar-refractivity contribution in [2.45, 2.75) is 12.3 Å². The number of hydrogen-bond acceptors (Lipinski definition) is 0. The first-order valence-corrected chi connectivity index (χ1v) is 7.60. The van der Waals surface area contributed by atoms with Crippen molar-refractivity contribution in [3.8, 4) is 0 Å². The van der Waals surface area contributed by atoms with Crippen molar-refractivity contribution in [3.63, 3.8) is 0 Å². The summed E-state index contributed by atoms with van der Waals surface area (Å²) in [5.74, 6) is 0. The van der Waals surface area contributed by atoms with E-state index in [1.54, 1.807) is 0 Å². The molecule has 2 aromatic rings. The molecule has 2 aromatic carbocycles. The van der Waals surface area contributed by atoms with Crippen molar-refractivity contribution in [2.75, 3.05) is 0 Å². The molecule has 0 nitrogen and oxygen atoms in total. The summed E-state index contributed by atoms with van der Waals surface area (Å²) in [5.41, 5.74) is 4.92. The lowest BCUT2D eigenvalue weighted by molar-refractivity contribution is 0.718. The van der Waals surface area contributed by atoms with Gasteiger partial charge in [-0.2, -0.15) is 0 Å². The molecule has 22 heavy (non-hydrogen) atoms. The van der Waals surface area contributed by atoms with Gasteiger partial charge >= 0.3 is 0 Å². The maximum atomic E-state index is 3.89. The molecule has 0 aromatic heterocycles. The van der Waals surface area contributed by atoms with Crippen LogP contribution in [0, 0.1) is 0 Å². The quantitative estimate of drug-likeness (QED) is 0.627. The Hall–Kier alpha value is -2.60. The van der Waals surface area contributed by atoms with Gasteiger partial charge in [-0.1, -0.05) is 103 Å². The fourth-order valence-electron chi connectivity index (χ4n) is 3.30. The van der Waals surface area contributed by atoms with Gasteiger partial charge < -0.3 is 0 Å². The van der Waals surface area contributed by atoms with Crippen LogP contribution < -0.4 is 0 Å². The summed E-state index contributed by atoms with van der Waals surface area (Å²) < 4.78 is 0. The van der Waals surface area contributed by atoms with Crippen molar-refractivity contribution in [1.29, 1.82) is 0 Å². The molecule has 0 heteroatoms. The molecule has 3 rings (SSSR count). The zero-order valence-electron chi connectivity index (χ0n) is 12.9. The molecule has 0 unspecified atom stereocenters. The summed E-state index contributed by atoms with van der Waals surface area (Å²) in [7, 11) is 0. The molecule has 0 radical (unpaired) electrons. The van der Waals surface area contributed by atoms with E-state index in [0.29, 0.717) is 0 Å². The summed E-state index contributed by atoms with van der Waals surface area (Å²) in [6, 6.07) is 21.4. The highest BCUT2D eigenvalue weighted by atomic mass is 14.4. The molecule has 0 saturated carbocycles. The van der Waals surface area contributed by atoms with Crippen LogP contribution >= 0.6 is 0 Å². The molecular weight excluding hydrogens is 264 g/mol. The minimum Gasteiger partial charge on any atom is -0.0991 e. The Bertz CT molecular complexity index is 704. The van der Waals surface area contributed by atoms with Gasteiger partial charge in [0.2, 0.25) is 0 Å². The molecular formula is C22H20. The van der Waals surface area contributed by atoms with Crippen LogP contribution in [0.25, 0.3) is 0 Å². The van der Waals surface area contributed by atoms with Crippen molar-refractivity contribution in [3.05, 3.63) is 120 Å². The third-order valence-electron chi connectivity index (χ3n) is 4.36. The second kappa shape index (κ2) is 6.03. The van der Waals surface area contributed by atoms with Gasteiger partial charge in [0.05, 0.1) is 5.41 Å². The fourth-order valence-corrected chi connectivity index (χ4v) is 3.30. The predicted molar refractivity (Wildman–Crippen MR) is 94.8 cm³/mol. The molecule has 0 heterocycles. The smallest absolute Gasteiger partial charge is 0.0661 e. The maximum Gasteiger partial charge on any atom is 0.0661 e. The van der Waals surface area contributed by atoms with Crippen LogP contribution in [0.15, 0.2) is 109 Å². The van der Waals surface area contributed by atoms with Gasteiger partial charge in [0.1, 0.15) is 0 Å². The zero-order valence-corrected chi connectivity index (χ0v) is 12.9. The van der Waals surface area contributed by atoms with Crippen LogP contribution in [0.5, 0.6) is 0 Å². The third kappa shape index (κ3) is 2.17. The average Bonchev–Trinajstić information content (AvgIpc) is 2.52. The van der Waals surface area contributed by atoms with E-state index in [9.17, 15) is 0 Å². The lowest BCUT2D eigenvalue weighted by atomic mass is 9.63. The van der Waals surface area contributed by atoms with E-state index in [-0.39, 0.29) is 5.41 Å². The minimum atomic E-state index is -0.245. The van der Waals surface area contributed by atoms with Gasteiger partial charge in [0.25, 0.3) is 0 Å². The normalized spacial score (nSPS) is 14.2. The molecule has 1 aliphatic rings. The highest BCUT2D eigenvalue weighted by Crippen LogP contribution is 2.47. The highest BCUT2D eigenvalue weighted by molar-refractivity contribution is 5.63. The standard InChI is InChI=1S/C22H20/c1-3-11-18(2)22(21-16-10-17-21,19-12-6-4-7-13-19)20-14-8-5-9-15-20/h3-17H,1H2,2H3. The molecule has 0 fully saturated rings. The van der Waals surface area contributed by atoms with E-state index in [0.717, 1.165) is 0 Å². The van der Waals surface area contributed by atoms with E-state index < -0.39 is 0 Å². The van der Waals surface area contributed by atoms with Crippen molar-refractivity contribution >= 4 is 0 Å². The SMILES string of the molecule is C=CC=C(C)C(C1=CC=C1)(c1ccccc1)c1ccccc1. The summed E-state index contributed by atoms with van der Waals surface area (Å²) in [6.07, 6.45) is 10.5. The van der Waals surface area contributed by atoms with Crippen LogP contribution in [-0.2, 0) is 5.41 Å². The van der Waals surface area contributed by atoms with E-state index in [1.165, 1.54) is 22.3 Å². The first-order valence-electron chi connectivity index (χ1n) is 7.60. The second-order valence-corrected chi connectivity index (χ2v) is 5.55. The van der Waals surface area contributed by atoms with Crippen molar-refractivity contribution < 1.29 is 0 Å². The van der Waals surface area contributed by atoms with Gasteiger partial charge in [-0.05, 0) is 23.6 Å². The van der Waals surface area contributed by atoms with Gasteiger partial charge in [-0.25, -0.2) is 0 Å². The first kappa shape index (κ1) is 14.3. The van der Waals surface area contributed by atoms with E-state index in [2.05, 4.69) is 98.5 Å². The Balaban J connectivity index is 2.33. The van der Waals surface area contributed by atoms with Gasteiger partial charge in [-0.3, -0.25) is 0 Å². The van der Waals surface area contributed by atoms with Gasteiger partial charge in [0, 0.05) is 0 Å². The number of hydrogen-bond donors (Lipinski definition) is 0. The molecule has 0 N–H and O–H groups in total. The van der Waals surface area contributed by atoms with Crippen LogP contribution in [0.3, 0.4) is 0 Å². The molecule has 0 bridgehead atoms. The van der Waals surface area contributed by atoms with Crippen LogP contribution in [0.4, 0.5) is 0 Å². The predicted octanol–water partition coefficient (Wildman–Crippen LogP) is 5.60. The Morgan fingerprint density at radius 2 is 1.41 bits per heavy atom. The zero-order chi connectivity index (χ0) is 15.4. The Kier molecular flexibility index (Phi) is 3.93. The first-order chi connectivity index (χ1) is 10.8. The average molecular weight is 284 g/mol. The number of rotatable bonds is 5. The lowest BCUT2D eigenvalue weighted by Gasteiger charge is -2.39. The minimum absolute atomic E-state index is 0.245. The monoisotopic (exact) mass is 284 g/mol. The molecule has 0 aliphatic heterocycles. The summed E-state index contributed by atoms with van der Waals surface area (Å²) in [6.45, 7) is 6.08. The fraction of sp³-hybridized carbons (Fsp3) is 0.0909. The number of benzene rings is 2. The lowest BCUT2D eigenvalue weighted by Crippen LogP contribution is -2.32. The van der Waals surface area contributed by atoms with Crippen LogP contribution in [-0.4, -0.2) is 0 Å². The Morgan fingerprint density at radius 1 is 0.909 bits per heavy atom. The molecule has 0 saturated heterocycles. The largest absolute Gasteiger partial charge is 0.0991 e. The molecule has 108 valence electrons. The summed E-state index contributed by atoms with van der Waals surface area (Å²) in [5, 5.41) is 0. The molecule has 0 atom stereocenters. The van der Waals surface area contributed by atoms with Crippen molar-refractivity contribution in [2.24, 2.45) is 0 Å². The van der Waals surface area contributed by atoms with Gasteiger partial charge in [-0.15, -0.1) is 0 Å². The topological polar surface area (TPSA) is 0 Å². The van der Waals surface area contributed by atoms with Crippen LogP contribution in [0.2, 0.25) is 0 Å². The second-order valence-electron chi connectivity index (χ2n) is 5.55. The van der Waals surface area contributed by atoms with E-state index >= 15 is 0 Å². The maximum absolute atomic E-state index is 3.89. The van der Waals surface area contributed by atoms with E-state index in [1.807, 2.05) is 6.08 Å². The van der Waals surface area contributed by atoms with E-state index in [4.69, 9.17) is 0 Å². The van der Waals surface area contributed by atoms with Crippen molar-refractivity contribution in [1.82, 2.24) is 0 Å². The molecule has 1 aliphatic carbocycles. The summed E-state index contributed by atoms with van der Waals surface area (Å²) in [4.78, 5) is 0. The Labute approximate surface area is 132 Å². The van der Waals surface area contributed by atoms with Gasteiger partial charge in [0.15, 0.2) is 0 Å². The molecule has 0 spiro atoms. The van der Waals surface area contributed by atoms with Crippen LogP contribution in [0.1, 0.15) is 18.1 Å². The number of allylic oxidation sites excluding steroid dienone is 7. The highest BCUT2D eigenvalue weighted by Gasteiger charge is 2.39.